The van der Waals surface area contributed by atoms with E-state index in [1.165, 1.54) is 18.2 Å². The Hall–Kier alpha value is -1.85. The molecule has 1 heterocycles. The number of hydrogen-bond donors (Lipinski definition) is 0. The van der Waals surface area contributed by atoms with Gasteiger partial charge in [0.05, 0.1) is 17.7 Å². The zero-order chi connectivity index (χ0) is 24.9. The van der Waals surface area contributed by atoms with Crippen molar-refractivity contribution in [1.29, 1.82) is 0 Å². The summed E-state index contributed by atoms with van der Waals surface area (Å²) in [7, 11) is 0. The highest BCUT2D eigenvalue weighted by Crippen LogP contribution is 2.39. The third kappa shape index (κ3) is 6.16. The van der Waals surface area contributed by atoms with E-state index in [9.17, 15) is 4.79 Å². The molecule has 0 unspecified atom stereocenters. The predicted molar refractivity (Wildman–Crippen MR) is 165 cm³/mol. The molecule has 0 spiro atoms. The summed E-state index contributed by atoms with van der Waals surface area (Å²) in [4.78, 5) is 21.2. The van der Waals surface area contributed by atoms with Gasteiger partial charge in [0.25, 0.3) is 5.91 Å². The van der Waals surface area contributed by atoms with Crippen LogP contribution in [-0.4, -0.2) is 22.0 Å². The number of carbonyl (C=O) groups is 1. The fraction of sp³-hybridized carbons (Fsp3) is 0.241. The van der Waals surface area contributed by atoms with Crippen LogP contribution in [0.4, 0.5) is 5.69 Å². The van der Waals surface area contributed by atoms with Gasteiger partial charge in [-0.2, -0.15) is 0 Å². The van der Waals surface area contributed by atoms with Gasteiger partial charge in [-0.05, 0) is 111 Å². The summed E-state index contributed by atoms with van der Waals surface area (Å²) in [6.07, 6.45) is 7.65. The first-order valence-corrected chi connectivity index (χ1v) is 15.1. The standard InChI is InChI=1S/C29H26I2N2O2S/c30-24-16-21(17-25(31)27(24)35-19-20-10-4-1-5-11-20)18-26-28(34)33(23-14-8-3-9-15-23)29(36-26)32-22-12-6-2-7-13-22/h1-2,4-7,10-13,16-18,23H,3,8-9,14-15,19H2. The number of aliphatic imine (C=N–C) groups is 1. The summed E-state index contributed by atoms with van der Waals surface area (Å²) in [6.45, 7) is 0.525. The lowest BCUT2D eigenvalue weighted by atomic mass is 9.94. The fourth-order valence-electron chi connectivity index (χ4n) is 4.52. The van der Waals surface area contributed by atoms with Crippen LogP contribution >= 0.6 is 56.9 Å². The number of thioether (sulfide) groups is 1. The Morgan fingerprint density at radius 1 is 0.944 bits per heavy atom. The molecular weight excluding hydrogens is 694 g/mol. The molecule has 3 aromatic carbocycles. The number of hydrogen-bond acceptors (Lipinski definition) is 4. The number of halogens is 2. The molecule has 0 atom stereocenters. The van der Waals surface area contributed by atoms with Crippen molar-refractivity contribution in [3.63, 3.8) is 0 Å². The second-order valence-corrected chi connectivity index (χ2v) is 12.2. The van der Waals surface area contributed by atoms with Gasteiger partial charge in [0.2, 0.25) is 0 Å². The molecule has 184 valence electrons. The van der Waals surface area contributed by atoms with Crippen molar-refractivity contribution in [1.82, 2.24) is 4.90 Å². The van der Waals surface area contributed by atoms with E-state index in [1.54, 1.807) is 0 Å². The number of benzene rings is 3. The number of para-hydroxylation sites is 1. The molecule has 1 saturated heterocycles. The molecule has 2 fully saturated rings. The Morgan fingerprint density at radius 2 is 1.58 bits per heavy atom. The maximum Gasteiger partial charge on any atom is 0.267 e. The van der Waals surface area contributed by atoms with Gasteiger partial charge in [0.15, 0.2) is 5.17 Å². The third-order valence-electron chi connectivity index (χ3n) is 6.30. The molecule has 1 aliphatic heterocycles. The van der Waals surface area contributed by atoms with Crippen LogP contribution in [0.25, 0.3) is 6.08 Å². The van der Waals surface area contributed by atoms with Crippen LogP contribution in [-0.2, 0) is 11.4 Å². The van der Waals surface area contributed by atoms with Crippen LogP contribution in [0.15, 0.2) is 82.7 Å². The minimum absolute atomic E-state index is 0.0657. The molecule has 2 aliphatic rings. The summed E-state index contributed by atoms with van der Waals surface area (Å²) >= 11 is 6.12. The topological polar surface area (TPSA) is 41.9 Å². The van der Waals surface area contributed by atoms with E-state index in [4.69, 9.17) is 9.73 Å². The molecule has 36 heavy (non-hydrogen) atoms. The van der Waals surface area contributed by atoms with Gasteiger partial charge in [-0.1, -0.05) is 67.8 Å². The molecule has 0 bridgehead atoms. The maximum absolute atomic E-state index is 13.6. The van der Waals surface area contributed by atoms with Gasteiger partial charge in [0, 0.05) is 6.04 Å². The number of amides is 1. The second-order valence-electron chi connectivity index (χ2n) is 8.90. The van der Waals surface area contributed by atoms with Crippen molar-refractivity contribution in [3.05, 3.63) is 96.0 Å². The zero-order valence-corrected chi connectivity index (χ0v) is 24.8. The normalized spacial score (nSPS) is 18.8. The highest BCUT2D eigenvalue weighted by atomic mass is 127. The van der Waals surface area contributed by atoms with E-state index in [0.29, 0.717) is 6.61 Å². The zero-order valence-electron chi connectivity index (χ0n) is 19.7. The summed E-state index contributed by atoms with van der Waals surface area (Å²) < 4.78 is 8.20. The molecule has 1 saturated carbocycles. The van der Waals surface area contributed by atoms with Crippen molar-refractivity contribution in [2.24, 2.45) is 4.99 Å². The monoisotopic (exact) mass is 720 g/mol. The van der Waals surface area contributed by atoms with Crippen molar-refractivity contribution < 1.29 is 9.53 Å². The van der Waals surface area contributed by atoms with Gasteiger partial charge in [0.1, 0.15) is 12.4 Å². The molecule has 0 N–H and O–H groups in total. The number of carbonyl (C=O) groups excluding carboxylic acids is 1. The van der Waals surface area contributed by atoms with Crippen LogP contribution in [0, 0.1) is 7.14 Å². The molecule has 3 aromatic rings. The molecular formula is C29H26I2N2O2S. The van der Waals surface area contributed by atoms with Crippen molar-refractivity contribution in [3.8, 4) is 5.75 Å². The SMILES string of the molecule is O=C1C(=Cc2cc(I)c(OCc3ccccc3)c(I)c2)SC(=Nc2ccccc2)N1C1CCCCC1. The maximum atomic E-state index is 13.6. The Kier molecular flexibility index (Phi) is 8.69. The number of ether oxygens (including phenoxy) is 1. The molecule has 1 aliphatic carbocycles. The van der Waals surface area contributed by atoms with Crippen LogP contribution in [0.2, 0.25) is 0 Å². The number of nitrogens with zero attached hydrogens (tertiary/aromatic N) is 2. The van der Waals surface area contributed by atoms with E-state index in [1.807, 2.05) is 59.5 Å². The summed E-state index contributed by atoms with van der Waals surface area (Å²) in [5.41, 5.74) is 3.01. The van der Waals surface area contributed by atoms with Gasteiger partial charge >= 0.3 is 0 Å². The highest BCUT2D eigenvalue weighted by Gasteiger charge is 2.38. The Bertz CT molecular complexity index is 1270. The lowest BCUT2D eigenvalue weighted by molar-refractivity contribution is -0.124. The van der Waals surface area contributed by atoms with E-state index in [0.717, 1.165) is 65.5 Å². The molecule has 7 heteroatoms. The fourth-order valence-corrected chi connectivity index (χ4v) is 7.71. The van der Waals surface area contributed by atoms with Gasteiger partial charge in [-0.3, -0.25) is 9.69 Å². The third-order valence-corrected chi connectivity index (χ3v) is 8.89. The summed E-state index contributed by atoms with van der Waals surface area (Å²) in [5.74, 6) is 0.943. The lowest BCUT2D eigenvalue weighted by Crippen LogP contribution is -2.40. The van der Waals surface area contributed by atoms with Gasteiger partial charge in [-0.25, -0.2) is 4.99 Å². The summed E-state index contributed by atoms with van der Waals surface area (Å²) in [6, 6.07) is 24.5. The largest absolute Gasteiger partial charge is 0.487 e. The van der Waals surface area contributed by atoms with E-state index >= 15 is 0 Å². The van der Waals surface area contributed by atoms with E-state index in [2.05, 4.69) is 69.4 Å². The molecule has 0 radical (unpaired) electrons. The molecule has 5 rings (SSSR count). The van der Waals surface area contributed by atoms with Crippen LogP contribution in [0.5, 0.6) is 5.75 Å². The van der Waals surface area contributed by atoms with Crippen molar-refractivity contribution in [2.75, 3.05) is 0 Å². The smallest absolute Gasteiger partial charge is 0.267 e. The first-order valence-electron chi connectivity index (χ1n) is 12.1. The average Bonchev–Trinajstić information content (AvgIpc) is 3.19. The second kappa shape index (κ2) is 12.1. The first kappa shape index (κ1) is 25.8. The van der Waals surface area contributed by atoms with Crippen molar-refractivity contribution >= 4 is 79.8 Å². The molecule has 1 amide bonds. The minimum Gasteiger partial charge on any atom is -0.487 e. The van der Waals surface area contributed by atoms with Crippen molar-refractivity contribution in [2.45, 2.75) is 44.8 Å². The average molecular weight is 720 g/mol. The summed E-state index contributed by atoms with van der Waals surface area (Å²) in [5, 5.41) is 0.788. The van der Waals surface area contributed by atoms with Gasteiger partial charge in [-0.15, -0.1) is 0 Å². The quantitative estimate of drug-likeness (QED) is 0.190. The van der Waals surface area contributed by atoms with Gasteiger partial charge < -0.3 is 4.74 Å². The Labute approximate surface area is 243 Å². The Balaban J connectivity index is 1.41. The van der Waals surface area contributed by atoms with E-state index in [-0.39, 0.29) is 11.9 Å². The first-order chi connectivity index (χ1) is 17.6. The predicted octanol–water partition coefficient (Wildman–Crippen LogP) is 8.41. The highest BCUT2D eigenvalue weighted by molar-refractivity contribution is 14.1. The van der Waals surface area contributed by atoms with Crippen LogP contribution < -0.4 is 4.74 Å². The van der Waals surface area contributed by atoms with Crippen LogP contribution in [0.1, 0.15) is 43.2 Å². The lowest BCUT2D eigenvalue weighted by Gasteiger charge is -2.30. The van der Waals surface area contributed by atoms with Crippen LogP contribution in [0.3, 0.4) is 0 Å². The number of rotatable bonds is 6. The number of amidine groups is 1. The van der Waals surface area contributed by atoms with E-state index < -0.39 is 0 Å². The minimum atomic E-state index is 0.0657. The Morgan fingerprint density at radius 3 is 2.25 bits per heavy atom. The molecule has 0 aromatic heterocycles. The molecule has 4 nitrogen and oxygen atoms in total.